The van der Waals surface area contributed by atoms with Crippen LogP contribution in [-0.4, -0.2) is 23.4 Å². The largest absolute Gasteiger partial charge is 0.462 e. The Kier molecular flexibility index (Phi) is 5.24. The second-order valence-electron chi connectivity index (χ2n) is 4.68. The zero-order chi connectivity index (χ0) is 17.0. The van der Waals surface area contributed by atoms with Crippen LogP contribution in [0.2, 0.25) is 0 Å². The molecule has 23 heavy (non-hydrogen) atoms. The molecule has 0 saturated heterocycles. The van der Waals surface area contributed by atoms with E-state index in [0.29, 0.717) is 16.3 Å². The number of aromatic nitrogens is 1. The average molecular weight is 328 g/mol. The maximum atomic E-state index is 12.7. The van der Waals surface area contributed by atoms with E-state index in [9.17, 15) is 14.9 Å². The molecule has 0 atom stereocenters. The number of carbonyl (C=O) groups excluding carboxylic acids is 1. The van der Waals surface area contributed by atoms with Crippen molar-refractivity contribution >= 4 is 17.7 Å². The van der Waals surface area contributed by atoms with Crippen molar-refractivity contribution in [2.24, 2.45) is 0 Å². The van der Waals surface area contributed by atoms with Crippen LogP contribution in [0, 0.1) is 18.3 Å². The molecule has 0 bridgehead atoms. The molecule has 6 heteroatoms. The Morgan fingerprint density at radius 1 is 1.35 bits per heavy atom. The van der Waals surface area contributed by atoms with Gasteiger partial charge >= 0.3 is 5.97 Å². The minimum Gasteiger partial charge on any atom is -0.462 e. The minimum absolute atomic E-state index is 0.0463. The van der Waals surface area contributed by atoms with Gasteiger partial charge in [0.2, 0.25) is 0 Å². The number of pyridine rings is 1. The van der Waals surface area contributed by atoms with Crippen molar-refractivity contribution in [3.8, 4) is 11.8 Å². The van der Waals surface area contributed by atoms with Gasteiger partial charge in [-0.3, -0.25) is 9.36 Å². The molecule has 0 saturated carbocycles. The number of ether oxygens (including phenoxy) is 1. The van der Waals surface area contributed by atoms with Gasteiger partial charge in [0, 0.05) is 16.3 Å². The number of benzene rings is 1. The fraction of sp³-hybridized carbons (Fsp3) is 0.235. The van der Waals surface area contributed by atoms with Gasteiger partial charge in [-0.1, -0.05) is 18.2 Å². The van der Waals surface area contributed by atoms with Gasteiger partial charge in [-0.25, -0.2) is 4.79 Å². The third kappa shape index (κ3) is 3.01. The Morgan fingerprint density at radius 3 is 2.52 bits per heavy atom. The number of hydrogen-bond acceptors (Lipinski definition) is 5. The molecule has 2 rings (SSSR count). The summed E-state index contributed by atoms with van der Waals surface area (Å²) in [7, 11) is 0. The van der Waals surface area contributed by atoms with Gasteiger partial charge in [0.25, 0.3) is 5.56 Å². The van der Waals surface area contributed by atoms with Crippen LogP contribution >= 0.6 is 11.8 Å². The molecule has 5 nitrogen and oxygen atoms in total. The zero-order valence-corrected chi connectivity index (χ0v) is 13.9. The molecular weight excluding hydrogens is 312 g/mol. The summed E-state index contributed by atoms with van der Waals surface area (Å²) in [6, 6.07) is 10.8. The van der Waals surface area contributed by atoms with E-state index in [1.165, 1.54) is 16.3 Å². The van der Waals surface area contributed by atoms with Gasteiger partial charge in [0.05, 0.1) is 12.2 Å². The zero-order valence-electron chi connectivity index (χ0n) is 13.1. The molecule has 1 aromatic carbocycles. The van der Waals surface area contributed by atoms with Gasteiger partial charge in [-0.15, -0.1) is 11.8 Å². The van der Waals surface area contributed by atoms with Crippen molar-refractivity contribution in [1.82, 2.24) is 4.57 Å². The first-order valence-electron chi connectivity index (χ1n) is 7.03. The fourth-order valence-corrected chi connectivity index (χ4v) is 3.17. The normalized spacial score (nSPS) is 10.2. The summed E-state index contributed by atoms with van der Waals surface area (Å²) in [5.74, 6) is -0.532. The lowest BCUT2D eigenvalue weighted by molar-refractivity contribution is 0.0520. The van der Waals surface area contributed by atoms with Crippen LogP contribution < -0.4 is 5.56 Å². The minimum atomic E-state index is -0.532. The van der Waals surface area contributed by atoms with E-state index in [0.717, 1.165) is 0 Å². The van der Waals surface area contributed by atoms with Gasteiger partial charge in [-0.05, 0) is 32.2 Å². The van der Waals surface area contributed by atoms with Gasteiger partial charge in [0.15, 0.2) is 0 Å². The van der Waals surface area contributed by atoms with E-state index in [4.69, 9.17) is 4.74 Å². The highest BCUT2D eigenvalue weighted by Crippen LogP contribution is 2.27. The van der Waals surface area contributed by atoms with E-state index in [1.807, 2.05) is 12.1 Å². The quantitative estimate of drug-likeness (QED) is 0.637. The van der Waals surface area contributed by atoms with Crippen LogP contribution in [0.15, 0.2) is 40.0 Å². The topological polar surface area (TPSA) is 72.1 Å². The average Bonchev–Trinajstić information content (AvgIpc) is 2.55. The molecule has 0 spiro atoms. The Balaban J connectivity index is 2.90. The number of nitriles is 1. The smallest absolute Gasteiger partial charge is 0.341 e. The summed E-state index contributed by atoms with van der Waals surface area (Å²) in [4.78, 5) is 25.4. The van der Waals surface area contributed by atoms with Crippen molar-refractivity contribution in [2.45, 2.75) is 18.7 Å². The van der Waals surface area contributed by atoms with Crippen LogP contribution in [0.3, 0.4) is 0 Å². The Morgan fingerprint density at radius 2 is 2.00 bits per heavy atom. The first kappa shape index (κ1) is 16.8. The van der Waals surface area contributed by atoms with Gasteiger partial charge in [0.1, 0.15) is 11.6 Å². The second kappa shape index (κ2) is 7.16. The Hall–Kier alpha value is -2.52. The molecule has 1 heterocycles. The molecule has 118 valence electrons. The molecule has 0 amide bonds. The van der Waals surface area contributed by atoms with Crippen LogP contribution in [0.1, 0.15) is 28.5 Å². The SMILES string of the molecule is CCOC(=O)c1c(SC)c(C#N)c(=O)n(-c2ccccc2)c1C. The number of carbonyl (C=O) groups is 1. The molecule has 0 N–H and O–H groups in total. The number of rotatable bonds is 4. The second-order valence-corrected chi connectivity index (χ2v) is 5.49. The summed E-state index contributed by atoms with van der Waals surface area (Å²) >= 11 is 1.20. The Bertz CT molecular complexity index is 836. The van der Waals surface area contributed by atoms with Crippen molar-refractivity contribution < 1.29 is 9.53 Å². The number of esters is 1. The number of thioether (sulfide) groups is 1. The highest BCUT2D eigenvalue weighted by atomic mass is 32.2. The van der Waals surface area contributed by atoms with E-state index < -0.39 is 11.5 Å². The molecule has 1 aromatic heterocycles. The molecule has 0 unspecified atom stereocenters. The van der Waals surface area contributed by atoms with Gasteiger partial charge in [-0.2, -0.15) is 5.26 Å². The predicted octanol–water partition coefficient (Wildman–Crippen LogP) is 2.92. The van der Waals surface area contributed by atoms with E-state index in [2.05, 4.69) is 0 Å². The van der Waals surface area contributed by atoms with Crippen molar-refractivity contribution in [3.05, 3.63) is 57.5 Å². The summed E-state index contributed by atoms with van der Waals surface area (Å²) in [5.41, 5.74) is 0.843. The maximum Gasteiger partial charge on any atom is 0.341 e. The molecular formula is C17H16N2O3S. The highest BCUT2D eigenvalue weighted by Gasteiger charge is 2.25. The van der Waals surface area contributed by atoms with Crippen LogP contribution in [0.25, 0.3) is 5.69 Å². The molecule has 2 aromatic rings. The summed E-state index contributed by atoms with van der Waals surface area (Å²) < 4.78 is 6.48. The van der Waals surface area contributed by atoms with E-state index in [1.54, 1.807) is 44.4 Å². The molecule has 0 aliphatic rings. The van der Waals surface area contributed by atoms with Crippen molar-refractivity contribution in [1.29, 1.82) is 5.26 Å². The van der Waals surface area contributed by atoms with E-state index in [-0.39, 0.29) is 17.7 Å². The van der Waals surface area contributed by atoms with Crippen molar-refractivity contribution in [3.63, 3.8) is 0 Å². The predicted molar refractivity (Wildman–Crippen MR) is 89.2 cm³/mol. The first-order chi connectivity index (χ1) is 11.1. The first-order valence-corrected chi connectivity index (χ1v) is 8.25. The number of nitrogens with zero attached hydrogens (tertiary/aromatic N) is 2. The number of para-hydroxylation sites is 1. The van der Waals surface area contributed by atoms with Crippen molar-refractivity contribution in [2.75, 3.05) is 12.9 Å². The third-order valence-corrected chi connectivity index (χ3v) is 4.19. The molecule has 0 aliphatic carbocycles. The third-order valence-electron chi connectivity index (χ3n) is 3.38. The van der Waals surface area contributed by atoms with Crippen LogP contribution in [-0.2, 0) is 4.74 Å². The lowest BCUT2D eigenvalue weighted by Gasteiger charge is -2.17. The molecule has 0 radical (unpaired) electrons. The number of hydrogen-bond donors (Lipinski definition) is 0. The van der Waals surface area contributed by atoms with E-state index >= 15 is 0 Å². The monoisotopic (exact) mass is 328 g/mol. The van der Waals surface area contributed by atoms with Crippen LogP contribution in [0.5, 0.6) is 0 Å². The summed E-state index contributed by atoms with van der Waals surface area (Å²) in [6.07, 6.45) is 1.73. The maximum absolute atomic E-state index is 12.7. The standard InChI is InChI=1S/C17H16N2O3S/c1-4-22-17(21)14-11(2)19(12-8-6-5-7-9-12)16(20)13(10-18)15(14)23-3/h5-9H,4H2,1-3H3. The summed E-state index contributed by atoms with van der Waals surface area (Å²) in [6.45, 7) is 3.62. The lowest BCUT2D eigenvalue weighted by Crippen LogP contribution is -2.28. The highest BCUT2D eigenvalue weighted by molar-refractivity contribution is 7.98. The van der Waals surface area contributed by atoms with Gasteiger partial charge < -0.3 is 4.74 Å². The Labute approximate surface area is 138 Å². The van der Waals surface area contributed by atoms with Crippen LogP contribution in [0.4, 0.5) is 0 Å². The lowest BCUT2D eigenvalue weighted by atomic mass is 10.1. The summed E-state index contributed by atoms with van der Waals surface area (Å²) in [5, 5.41) is 9.40. The molecule has 0 aliphatic heterocycles. The molecule has 0 fully saturated rings. The fourth-order valence-electron chi connectivity index (χ4n) is 2.40.